The lowest BCUT2D eigenvalue weighted by atomic mass is 9.65. The van der Waals surface area contributed by atoms with Gasteiger partial charge in [-0.1, -0.05) is 91.9 Å². The van der Waals surface area contributed by atoms with Gasteiger partial charge in [0.2, 0.25) is 0 Å². The maximum absolute atomic E-state index is 2.36. The van der Waals surface area contributed by atoms with Gasteiger partial charge in [-0.3, -0.25) is 0 Å². The molecule has 0 unspecified atom stereocenters. The van der Waals surface area contributed by atoms with E-state index in [2.05, 4.69) is 27.7 Å². The minimum absolute atomic E-state index is 0.750. The molecule has 1 aliphatic carbocycles. The Morgan fingerprint density at radius 3 is 1.87 bits per heavy atom. The van der Waals surface area contributed by atoms with Crippen LogP contribution >= 0.6 is 0 Å². The third kappa shape index (κ3) is 9.16. The van der Waals surface area contributed by atoms with Crippen molar-refractivity contribution in [3.05, 3.63) is 0 Å². The molecular formula is C23H46. The summed E-state index contributed by atoms with van der Waals surface area (Å²) in [5.74, 6) is 1.96. The molecule has 0 saturated heterocycles. The molecule has 0 aromatic heterocycles. The standard InChI is InChI=1S/C23H46/c1-5-7-17-23(18-8-6-2)19-15-22(16-20-23)14-12-10-9-11-13-21(3)4/h21-22H,5-20H2,1-4H3. The highest BCUT2D eigenvalue weighted by atomic mass is 14.4. The predicted molar refractivity (Wildman–Crippen MR) is 106 cm³/mol. The topological polar surface area (TPSA) is 0 Å². The van der Waals surface area contributed by atoms with Crippen LogP contribution in [0.5, 0.6) is 0 Å². The van der Waals surface area contributed by atoms with E-state index >= 15 is 0 Å². The van der Waals surface area contributed by atoms with E-state index in [4.69, 9.17) is 0 Å². The zero-order valence-corrected chi connectivity index (χ0v) is 17.0. The Hall–Kier alpha value is 0. The smallest absolute Gasteiger partial charge is 0.0297 e. The molecule has 0 aliphatic heterocycles. The van der Waals surface area contributed by atoms with E-state index in [0.717, 1.165) is 17.3 Å². The van der Waals surface area contributed by atoms with E-state index in [1.165, 1.54) is 77.0 Å². The first-order valence-electron chi connectivity index (χ1n) is 11.1. The molecule has 0 spiro atoms. The molecule has 0 amide bonds. The summed E-state index contributed by atoms with van der Waals surface area (Å²) in [6, 6.07) is 0. The molecule has 0 heterocycles. The zero-order chi connectivity index (χ0) is 17.0. The van der Waals surface area contributed by atoms with Crippen molar-refractivity contribution in [2.45, 2.75) is 130 Å². The van der Waals surface area contributed by atoms with Gasteiger partial charge in [0.1, 0.15) is 0 Å². The van der Waals surface area contributed by atoms with Crippen molar-refractivity contribution in [2.24, 2.45) is 17.3 Å². The number of hydrogen-bond acceptors (Lipinski definition) is 0. The van der Waals surface area contributed by atoms with Gasteiger partial charge in [0.25, 0.3) is 0 Å². The van der Waals surface area contributed by atoms with Gasteiger partial charge in [-0.15, -0.1) is 0 Å². The molecule has 0 aromatic carbocycles. The predicted octanol–water partition coefficient (Wildman–Crippen LogP) is 8.54. The summed E-state index contributed by atoms with van der Waals surface area (Å²) in [5, 5.41) is 0. The molecule has 0 heteroatoms. The maximum atomic E-state index is 2.36. The second-order valence-electron chi connectivity index (χ2n) is 9.04. The van der Waals surface area contributed by atoms with Gasteiger partial charge in [0, 0.05) is 0 Å². The van der Waals surface area contributed by atoms with Gasteiger partial charge in [0.15, 0.2) is 0 Å². The highest BCUT2D eigenvalue weighted by Gasteiger charge is 2.33. The molecule has 1 rings (SSSR count). The Kier molecular flexibility index (Phi) is 11.3. The average Bonchev–Trinajstić information content (AvgIpc) is 2.55. The first-order valence-corrected chi connectivity index (χ1v) is 11.1. The average molecular weight is 323 g/mol. The molecule has 0 radical (unpaired) electrons. The SMILES string of the molecule is CCCCC1(CCCC)CCC(CCCCCCC(C)C)CC1. The Bertz CT molecular complexity index is 247. The third-order valence-electron chi connectivity index (χ3n) is 6.43. The van der Waals surface area contributed by atoms with Crippen molar-refractivity contribution in [2.75, 3.05) is 0 Å². The van der Waals surface area contributed by atoms with Gasteiger partial charge >= 0.3 is 0 Å². The molecule has 1 saturated carbocycles. The van der Waals surface area contributed by atoms with Gasteiger partial charge in [-0.05, 0) is 55.8 Å². The lowest BCUT2D eigenvalue weighted by Crippen LogP contribution is -2.27. The quantitative estimate of drug-likeness (QED) is 0.298. The van der Waals surface area contributed by atoms with Crippen LogP contribution in [-0.2, 0) is 0 Å². The summed E-state index contributed by atoms with van der Waals surface area (Å²) < 4.78 is 0. The number of hydrogen-bond donors (Lipinski definition) is 0. The Balaban J connectivity index is 2.18. The monoisotopic (exact) mass is 322 g/mol. The number of unbranched alkanes of at least 4 members (excludes halogenated alkanes) is 5. The van der Waals surface area contributed by atoms with Gasteiger partial charge < -0.3 is 0 Å². The molecule has 138 valence electrons. The molecule has 0 bridgehead atoms. The fraction of sp³-hybridized carbons (Fsp3) is 1.00. The summed E-state index contributed by atoms with van der Waals surface area (Å²) in [6.45, 7) is 9.42. The molecule has 1 fully saturated rings. The van der Waals surface area contributed by atoms with Gasteiger partial charge in [-0.2, -0.15) is 0 Å². The Morgan fingerprint density at radius 2 is 1.35 bits per heavy atom. The second kappa shape index (κ2) is 12.4. The summed E-state index contributed by atoms with van der Waals surface area (Å²) in [4.78, 5) is 0. The Labute approximate surface area is 148 Å². The maximum Gasteiger partial charge on any atom is -0.0297 e. The fourth-order valence-electron chi connectivity index (χ4n) is 4.65. The highest BCUT2D eigenvalue weighted by molar-refractivity contribution is 4.85. The van der Waals surface area contributed by atoms with Gasteiger partial charge in [-0.25, -0.2) is 0 Å². The minimum atomic E-state index is 0.750. The highest BCUT2D eigenvalue weighted by Crippen LogP contribution is 2.47. The van der Waals surface area contributed by atoms with Crippen LogP contribution in [-0.4, -0.2) is 0 Å². The first kappa shape index (κ1) is 21.0. The van der Waals surface area contributed by atoms with Crippen molar-refractivity contribution in [3.8, 4) is 0 Å². The third-order valence-corrected chi connectivity index (χ3v) is 6.43. The molecule has 1 aliphatic rings. The summed E-state index contributed by atoms with van der Waals surface area (Å²) in [5.41, 5.74) is 0.750. The largest absolute Gasteiger partial charge is 0.0654 e. The van der Waals surface area contributed by atoms with Crippen molar-refractivity contribution in [1.29, 1.82) is 0 Å². The lowest BCUT2D eigenvalue weighted by molar-refractivity contribution is 0.113. The van der Waals surface area contributed by atoms with Crippen LogP contribution in [0.2, 0.25) is 0 Å². The van der Waals surface area contributed by atoms with E-state index in [0.29, 0.717) is 0 Å². The molecular weight excluding hydrogens is 276 g/mol. The van der Waals surface area contributed by atoms with E-state index < -0.39 is 0 Å². The molecule has 0 atom stereocenters. The van der Waals surface area contributed by atoms with Gasteiger partial charge in [0.05, 0.1) is 0 Å². The summed E-state index contributed by atoms with van der Waals surface area (Å²) in [7, 11) is 0. The van der Waals surface area contributed by atoms with Crippen LogP contribution < -0.4 is 0 Å². The summed E-state index contributed by atoms with van der Waals surface area (Å²) in [6.07, 6.45) is 23.8. The molecule has 23 heavy (non-hydrogen) atoms. The van der Waals surface area contributed by atoms with Crippen LogP contribution in [0, 0.1) is 17.3 Å². The number of rotatable bonds is 13. The second-order valence-corrected chi connectivity index (χ2v) is 9.04. The van der Waals surface area contributed by atoms with Crippen molar-refractivity contribution in [3.63, 3.8) is 0 Å². The van der Waals surface area contributed by atoms with Crippen LogP contribution in [0.15, 0.2) is 0 Å². The Morgan fingerprint density at radius 1 is 0.783 bits per heavy atom. The normalized spacial score (nSPS) is 18.7. The van der Waals surface area contributed by atoms with Crippen LogP contribution in [0.25, 0.3) is 0 Å². The van der Waals surface area contributed by atoms with E-state index in [-0.39, 0.29) is 0 Å². The lowest BCUT2D eigenvalue weighted by Gasteiger charge is -2.41. The van der Waals surface area contributed by atoms with E-state index in [1.54, 1.807) is 25.7 Å². The fourth-order valence-corrected chi connectivity index (χ4v) is 4.65. The van der Waals surface area contributed by atoms with Crippen LogP contribution in [0.4, 0.5) is 0 Å². The van der Waals surface area contributed by atoms with E-state index in [1.807, 2.05) is 0 Å². The van der Waals surface area contributed by atoms with E-state index in [9.17, 15) is 0 Å². The van der Waals surface area contributed by atoms with Crippen LogP contribution in [0.1, 0.15) is 130 Å². The van der Waals surface area contributed by atoms with Crippen molar-refractivity contribution in [1.82, 2.24) is 0 Å². The van der Waals surface area contributed by atoms with Crippen molar-refractivity contribution >= 4 is 0 Å². The van der Waals surface area contributed by atoms with Crippen molar-refractivity contribution < 1.29 is 0 Å². The molecule has 0 nitrogen and oxygen atoms in total. The first-order chi connectivity index (χ1) is 11.1. The zero-order valence-electron chi connectivity index (χ0n) is 17.0. The summed E-state index contributed by atoms with van der Waals surface area (Å²) >= 11 is 0. The molecule has 0 aromatic rings. The van der Waals surface area contributed by atoms with Crippen LogP contribution in [0.3, 0.4) is 0 Å². The molecule has 0 N–H and O–H groups in total. The minimum Gasteiger partial charge on any atom is -0.0654 e.